The molecule has 3 aromatic rings. The van der Waals surface area contributed by atoms with Crippen molar-refractivity contribution in [2.24, 2.45) is 0 Å². The van der Waals surface area contributed by atoms with E-state index in [1.807, 2.05) is 0 Å². The maximum absolute atomic E-state index is 12.2. The van der Waals surface area contributed by atoms with Gasteiger partial charge in [0.15, 0.2) is 23.0 Å². The molecule has 3 aromatic carbocycles. The van der Waals surface area contributed by atoms with Crippen molar-refractivity contribution >= 4 is 27.4 Å². The van der Waals surface area contributed by atoms with E-state index in [1.165, 1.54) is 25.2 Å². The number of carbonyl (C=O) groups is 1. The van der Waals surface area contributed by atoms with Gasteiger partial charge in [-0.25, -0.2) is 17.9 Å². The standard InChI is InChI=1S/C21H18N2O7S/c1-22-31(28,29)13-9-14(21(26)27)20-19(10-13)30-18-5-3-11(7-15(18)23-20)6-12-2-4-16(24)17(25)8-12/h2-5,7-10,22-25H,6H2,1H3,(H,26,27). The fraction of sp³-hybridized carbons (Fsp3) is 0.0952. The molecule has 0 spiro atoms. The predicted octanol–water partition coefficient (Wildman–Crippen LogP) is 3.14. The molecule has 0 amide bonds. The summed E-state index contributed by atoms with van der Waals surface area (Å²) in [4.78, 5) is 11.5. The van der Waals surface area contributed by atoms with Crippen molar-refractivity contribution in [2.75, 3.05) is 12.4 Å². The highest BCUT2D eigenvalue weighted by Gasteiger charge is 2.27. The van der Waals surface area contributed by atoms with Gasteiger partial charge in [-0.1, -0.05) is 12.1 Å². The van der Waals surface area contributed by atoms with Gasteiger partial charge in [0.25, 0.3) is 0 Å². The lowest BCUT2D eigenvalue weighted by Crippen LogP contribution is -2.20. The van der Waals surface area contributed by atoms with Crippen LogP contribution in [-0.4, -0.2) is 36.8 Å². The molecule has 0 aromatic heterocycles. The van der Waals surface area contributed by atoms with Gasteiger partial charge >= 0.3 is 5.97 Å². The molecular formula is C21H18N2O7S. The second kappa shape index (κ2) is 7.49. The van der Waals surface area contributed by atoms with Crippen molar-refractivity contribution in [1.29, 1.82) is 0 Å². The van der Waals surface area contributed by atoms with Gasteiger partial charge in [0.2, 0.25) is 10.0 Å². The van der Waals surface area contributed by atoms with Crippen LogP contribution in [0.15, 0.2) is 53.4 Å². The molecule has 0 radical (unpaired) electrons. The summed E-state index contributed by atoms with van der Waals surface area (Å²) in [5.74, 6) is -1.25. The fourth-order valence-corrected chi connectivity index (χ4v) is 4.05. The van der Waals surface area contributed by atoms with E-state index in [4.69, 9.17) is 4.74 Å². The molecule has 0 unspecified atom stereocenters. The molecule has 9 nitrogen and oxygen atoms in total. The van der Waals surface area contributed by atoms with Crippen molar-refractivity contribution in [3.8, 4) is 23.0 Å². The minimum atomic E-state index is -3.87. The molecule has 0 fully saturated rings. The zero-order valence-corrected chi connectivity index (χ0v) is 17.0. The maximum atomic E-state index is 12.2. The molecule has 1 aliphatic rings. The molecule has 5 N–H and O–H groups in total. The lowest BCUT2D eigenvalue weighted by Gasteiger charge is -2.24. The molecule has 0 aliphatic carbocycles. The Balaban J connectivity index is 1.71. The van der Waals surface area contributed by atoms with Gasteiger partial charge in [0.1, 0.15) is 0 Å². The SMILES string of the molecule is CNS(=O)(=O)c1cc2c(c(C(=O)O)c1)Nc1cc(Cc3ccc(O)c(O)c3)ccc1O2. The Morgan fingerprint density at radius 3 is 2.39 bits per heavy atom. The first-order chi connectivity index (χ1) is 14.7. The zero-order chi connectivity index (χ0) is 22.3. The van der Waals surface area contributed by atoms with Gasteiger partial charge in [-0.15, -0.1) is 0 Å². The molecule has 0 saturated heterocycles. The molecular weight excluding hydrogens is 424 g/mol. The van der Waals surface area contributed by atoms with Gasteiger partial charge in [-0.3, -0.25) is 0 Å². The number of hydrogen-bond acceptors (Lipinski definition) is 7. The average Bonchev–Trinajstić information content (AvgIpc) is 2.74. The number of benzene rings is 3. The predicted molar refractivity (Wildman–Crippen MR) is 112 cm³/mol. The van der Waals surface area contributed by atoms with E-state index in [9.17, 15) is 28.5 Å². The second-order valence-electron chi connectivity index (χ2n) is 6.91. The quantitative estimate of drug-likeness (QED) is 0.296. The highest BCUT2D eigenvalue weighted by atomic mass is 32.2. The monoisotopic (exact) mass is 442 g/mol. The van der Waals surface area contributed by atoms with Crippen LogP contribution in [-0.2, 0) is 16.4 Å². The Bertz CT molecular complexity index is 1320. The number of phenolic OH excluding ortho intramolecular Hbond substituents is 2. The first-order valence-corrected chi connectivity index (χ1v) is 10.6. The molecule has 10 heteroatoms. The number of fused-ring (bicyclic) bond motifs is 2. The zero-order valence-electron chi connectivity index (χ0n) is 16.2. The Kier molecular flexibility index (Phi) is 4.96. The molecule has 0 saturated carbocycles. The van der Waals surface area contributed by atoms with Gasteiger partial charge in [-0.05, 0) is 54.9 Å². The number of nitrogens with one attached hydrogen (secondary N) is 2. The lowest BCUT2D eigenvalue weighted by atomic mass is 10.0. The maximum Gasteiger partial charge on any atom is 0.338 e. The molecule has 0 atom stereocenters. The van der Waals surface area contributed by atoms with Gasteiger partial charge in [0, 0.05) is 6.07 Å². The third-order valence-corrected chi connectivity index (χ3v) is 6.25. The topological polar surface area (TPSA) is 145 Å². The summed E-state index contributed by atoms with van der Waals surface area (Å²) >= 11 is 0. The number of phenols is 2. The van der Waals surface area contributed by atoms with Crippen LogP contribution in [0.2, 0.25) is 0 Å². The highest BCUT2D eigenvalue weighted by Crippen LogP contribution is 2.45. The molecule has 1 heterocycles. The van der Waals surface area contributed by atoms with Crippen LogP contribution in [0.3, 0.4) is 0 Å². The van der Waals surface area contributed by atoms with E-state index in [-0.39, 0.29) is 33.4 Å². The van der Waals surface area contributed by atoms with Crippen LogP contribution in [0.25, 0.3) is 0 Å². The van der Waals surface area contributed by atoms with E-state index in [1.54, 1.807) is 24.3 Å². The second-order valence-corrected chi connectivity index (χ2v) is 8.80. The Morgan fingerprint density at radius 2 is 1.71 bits per heavy atom. The van der Waals surface area contributed by atoms with Crippen LogP contribution in [0, 0.1) is 0 Å². The summed E-state index contributed by atoms with van der Waals surface area (Å²) in [7, 11) is -2.64. The third-order valence-electron chi connectivity index (χ3n) is 4.86. The highest BCUT2D eigenvalue weighted by molar-refractivity contribution is 7.89. The van der Waals surface area contributed by atoms with Crippen molar-refractivity contribution in [3.63, 3.8) is 0 Å². The molecule has 31 heavy (non-hydrogen) atoms. The Hall–Kier alpha value is -3.76. The average molecular weight is 442 g/mol. The number of sulfonamides is 1. The van der Waals surface area contributed by atoms with Gasteiger partial charge in [0.05, 0.1) is 21.8 Å². The van der Waals surface area contributed by atoms with E-state index in [2.05, 4.69) is 10.0 Å². The number of aromatic carboxylic acids is 1. The summed E-state index contributed by atoms with van der Waals surface area (Å²) in [6.07, 6.45) is 0.445. The number of ether oxygens (including phenoxy) is 1. The molecule has 4 rings (SSSR count). The van der Waals surface area contributed by atoms with Crippen molar-refractivity contribution in [2.45, 2.75) is 11.3 Å². The minimum absolute atomic E-state index is 0.0810. The Labute approximate surface area is 177 Å². The normalized spacial score (nSPS) is 12.3. The van der Waals surface area contributed by atoms with E-state index in [0.717, 1.165) is 17.2 Å². The van der Waals surface area contributed by atoms with Crippen molar-refractivity contribution in [3.05, 3.63) is 65.2 Å². The summed E-state index contributed by atoms with van der Waals surface area (Å²) in [6.45, 7) is 0. The number of hydrogen-bond donors (Lipinski definition) is 5. The lowest BCUT2D eigenvalue weighted by molar-refractivity contribution is 0.0697. The van der Waals surface area contributed by atoms with Crippen LogP contribution in [0.5, 0.6) is 23.0 Å². The van der Waals surface area contributed by atoms with E-state index in [0.29, 0.717) is 17.9 Å². The van der Waals surface area contributed by atoms with E-state index < -0.39 is 16.0 Å². The van der Waals surface area contributed by atoms with Crippen LogP contribution < -0.4 is 14.8 Å². The smallest absolute Gasteiger partial charge is 0.338 e. The van der Waals surface area contributed by atoms with Crippen LogP contribution in [0.1, 0.15) is 21.5 Å². The summed E-state index contributed by atoms with van der Waals surface area (Å²) in [5, 5.41) is 31.7. The first-order valence-electron chi connectivity index (χ1n) is 9.11. The molecule has 1 aliphatic heterocycles. The summed E-state index contributed by atoms with van der Waals surface area (Å²) in [6, 6.07) is 12.1. The fourth-order valence-electron chi connectivity index (χ4n) is 3.28. The minimum Gasteiger partial charge on any atom is -0.504 e. The van der Waals surface area contributed by atoms with E-state index >= 15 is 0 Å². The summed E-state index contributed by atoms with van der Waals surface area (Å²) in [5.41, 5.74) is 2.02. The number of aromatic hydroxyl groups is 2. The van der Waals surface area contributed by atoms with Crippen molar-refractivity contribution in [1.82, 2.24) is 4.72 Å². The van der Waals surface area contributed by atoms with Gasteiger partial charge < -0.3 is 25.4 Å². The number of anilines is 2. The first kappa shape index (κ1) is 20.5. The number of rotatable bonds is 5. The third kappa shape index (κ3) is 3.86. The molecule has 160 valence electrons. The Morgan fingerprint density at radius 1 is 1.00 bits per heavy atom. The number of carboxylic acid groups (broad SMARTS) is 1. The largest absolute Gasteiger partial charge is 0.504 e. The van der Waals surface area contributed by atoms with Gasteiger partial charge in [-0.2, -0.15) is 0 Å². The summed E-state index contributed by atoms with van der Waals surface area (Å²) < 4.78 is 32.3. The van der Waals surface area contributed by atoms with Crippen LogP contribution >= 0.6 is 0 Å². The van der Waals surface area contributed by atoms with Crippen molar-refractivity contribution < 1.29 is 33.3 Å². The molecule has 0 bridgehead atoms. The van der Waals surface area contributed by atoms with Crippen LogP contribution in [0.4, 0.5) is 11.4 Å². The number of carboxylic acids is 1.